The standard InChI is InChI=1S/C22H22N4OS/c1-16-13-20(17(2)25(16)15-19-9-6-12-28-19)22(27)24-21-10-11-23-26(21)14-18-7-4-3-5-8-18/h3-13H,14-15H2,1-2H3,(H,24,27). The second-order valence-corrected chi connectivity index (χ2v) is 7.80. The first-order valence-corrected chi connectivity index (χ1v) is 10.1. The first-order chi connectivity index (χ1) is 13.6. The highest BCUT2D eigenvalue weighted by atomic mass is 32.1. The minimum Gasteiger partial charge on any atom is -0.343 e. The molecule has 0 aliphatic carbocycles. The summed E-state index contributed by atoms with van der Waals surface area (Å²) >= 11 is 1.73. The van der Waals surface area contributed by atoms with E-state index in [0.717, 1.165) is 23.5 Å². The summed E-state index contributed by atoms with van der Waals surface area (Å²) in [7, 11) is 0. The molecule has 0 aliphatic heterocycles. The topological polar surface area (TPSA) is 51.9 Å². The van der Waals surface area contributed by atoms with E-state index in [2.05, 4.69) is 32.5 Å². The third kappa shape index (κ3) is 3.77. The van der Waals surface area contributed by atoms with E-state index in [1.54, 1.807) is 22.2 Å². The number of rotatable bonds is 6. The van der Waals surface area contributed by atoms with Crippen LogP contribution in [0.25, 0.3) is 0 Å². The van der Waals surface area contributed by atoms with Gasteiger partial charge in [0.15, 0.2) is 0 Å². The van der Waals surface area contributed by atoms with Crippen molar-refractivity contribution in [3.63, 3.8) is 0 Å². The van der Waals surface area contributed by atoms with E-state index >= 15 is 0 Å². The van der Waals surface area contributed by atoms with Crippen LogP contribution in [0, 0.1) is 13.8 Å². The van der Waals surface area contributed by atoms with Gasteiger partial charge >= 0.3 is 0 Å². The average molecular weight is 391 g/mol. The number of hydrogen-bond donors (Lipinski definition) is 1. The van der Waals surface area contributed by atoms with Gasteiger partial charge in [0.1, 0.15) is 5.82 Å². The van der Waals surface area contributed by atoms with Crippen LogP contribution in [-0.2, 0) is 13.1 Å². The molecule has 142 valence electrons. The Bertz CT molecular complexity index is 1080. The average Bonchev–Trinajstić information content (AvgIpc) is 3.42. The molecule has 5 nitrogen and oxygen atoms in total. The van der Waals surface area contributed by atoms with E-state index < -0.39 is 0 Å². The highest BCUT2D eigenvalue weighted by Crippen LogP contribution is 2.21. The van der Waals surface area contributed by atoms with Crippen molar-refractivity contribution in [1.82, 2.24) is 14.3 Å². The van der Waals surface area contributed by atoms with Crippen LogP contribution in [0.15, 0.2) is 66.2 Å². The van der Waals surface area contributed by atoms with Crippen LogP contribution in [-0.4, -0.2) is 20.3 Å². The van der Waals surface area contributed by atoms with E-state index in [0.29, 0.717) is 17.9 Å². The van der Waals surface area contributed by atoms with E-state index in [4.69, 9.17) is 0 Å². The van der Waals surface area contributed by atoms with Gasteiger partial charge in [0, 0.05) is 22.3 Å². The summed E-state index contributed by atoms with van der Waals surface area (Å²) in [5.41, 5.74) is 3.88. The summed E-state index contributed by atoms with van der Waals surface area (Å²) in [6, 6.07) is 18.0. The van der Waals surface area contributed by atoms with Gasteiger partial charge in [-0.1, -0.05) is 36.4 Å². The van der Waals surface area contributed by atoms with Gasteiger partial charge in [0.2, 0.25) is 0 Å². The zero-order valence-electron chi connectivity index (χ0n) is 15.9. The number of benzene rings is 1. The van der Waals surface area contributed by atoms with Gasteiger partial charge in [-0.3, -0.25) is 4.79 Å². The summed E-state index contributed by atoms with van der Waals surface area (Å²) in [4.78, 5) is 14.2. The second kappa shape index (κ2) is 7.86. The normalized spacial score (nSPS) is 10.9. The van der Waals surface area contributed by atoms with Crippen molar-refractivity contribution in [2.75, 3.05) is 5.32 Å². The fourth-order valence-electron chi connectivity index (χ4n) is 3.34. The fourth-order valence-corrected chi connectivity index (χ4v) is 4.03. The lowest BCUT2D eigenvalue weighted by Crippen LogP contribution is -2.17. The van der Waals surface area contributed by atoms with E-state index in [9.17, 15) is 4.79 Å². The smallest absolute Gasteiger partial charge is 0.258 e. The largest absolute Gasteiger partial charge is 0.343 e. The fraction of sp³-hybridized carbons (Fsp3) is 0.182. The van der Waals surface area contributed by atoms with Crippen molar-refractivity contribution in [3.05, 3.63) is 93.6 Å². The minimum absolute atomic E-state index is 0.111. The van der Waals surface area contributed by atoms with E-state index in [1.165, 1.54) is 4.88 Å². The molecule has 4 rings (SSSR count). The number of anilines is 1. The van der Waals surface area contributed by atoms with Crippen molar-refractivity contribution in [3.8, 4) is 0 Å². The summed E-state index contributed by atoms with van der Waals surface area (Å²) in [5.74, 6) is 0.581. The maximum Gasteiger partial charge on any atom is 0.258 e. The van der Waals surface area contributed by atoms with Gasteiger partial charge in [-0.2, -0.15) is 5.10 Å². The zero-order chi connectivity index (χ0) is 19.5. The predicted octanol–water partition coefficient (Wildman–Crippen LogP) is 4.71. The van der Waals surface area contributed by atoms with Crippen molar-refractivity contribution >= 4 is 23.1 Å². The second-order valence-electron chi connectivity index (χ2n) is 6.76. The molecule has 0 unspecified atom stereocenters. The molecule has 4 aromatic rings. The highest BCUT2D eigenvalue weighted by Gasteiger charge is 2.17. The molecule has 1 amide bonds. The molecule has 0 saturated heterocycles. The van der Waals surface area contributed by atoms with Crippen LogP contribution in [0.5, 0.6) is 0 Å². The molecule has 3 aromatic heterocycles. The van der Waals surface area contributed by atoms with Crippen LogP contribution >= 0.6 is 11.3 Å². The van der Waals surface area contributed by atoms with E-state index in [1.807, 2.05) is 56.3 Å². The molecule has 0 fully saturated rings. The molecule has 0 saturated carbocycles. The van der Waals surface area contributed by atoms with Crippen molar-refractivity contribution in [2.24, 2.45) is 0 Å². The Morgan fingerprint density at radius 2 is 1.89 bits per heavy atom. The SMILES string of the molecule is Cc1cc(C(=O)Nc2ccnn2Cc2ccccc2)c(C)n1Cc1cccs1. The first-order valence-electron chi connectivity index (χ1n) is 9.18. The molecule has 0 aliphatic rings. The van der Waals surface area contributed by atoms with Crippen LogP contribution in [0.2, 0.25) is 0 Å². The Morgan fingerprint density at radius 3 is 2.64 bits per heavy atom. The maximum atomic E-state index is 12.9. The first kappa shape index (κ1) is 18.3. The molecule has 0 atom stereocenters. The van der Waals surface area contributed by atoms with Gasteiger partial charge in [-0.25, -0.2) is 4.68 Å². The van der Waals surface area contributed by atoms with Crippen LogP contribution in [0.1, 0.15) is 32.2 Å². The highest BCUT2D eigenvalue weighted by molar-refractivity contribution is 7.09. The van der Waals surface area contributed by atoms with Crippen LogP contribution < -0.4 is 5.32 Å². The Hall–Kier alpha value is -3.12. The van der Waals surface area contributed by atoms with Gasteiger partial charge in [0.25, 0.3) is 5.91 Å². The van der Waals surface area contributed by atoms with Crippen molar-refractivity contribution in [1.29, 1.82) is 0 Å². The summed E-state index contributed by atoms with van der Waals surface area (Å²) in [6.45, 7) is 5.43. The molecule has 0 radical (unpaired) electrons. The number of aromatic nitrogens is 3. The maximum absolute atomic E-state index is 12.9. The van der Waals surface area contributed by atoms with Gasteiger partial charge in [0.05, 0.1) is 24.8 Å². The lowest BCUT2D eigenvalue weighted by molar-refractivity contribution is 0.102. The molecule has 6 heteroatoms. The molecule has 1 aromatic carbocycles. The quantitative estimate of drug-likeness (QED) is 0.518. The number of nitrogens with one attached hydrogen (secondary N) is 1. The number of carbonyl (C=O) groups excluding carboxylic acids is 1. The third-order valence-corrected chi connectivity index (χ3v) is 5.71. The minimum atomic E-state index is -0.111. The number of carbonyl (C=O) groups is 1. The predicted molar refractivity (Wildman–Crippen MR) is 113 cm³/mol. The molecule has 0 bridgehead atoms. The van der Waals surface area contributed by atoms with Gasteiger partial charge in [-0.15, -0.1) is 11.3 Å². The number of thiophene rings is 1. The summed E-state index contributed by atoms with van der Waals surface area (Å²) in [6.07, 6.45) is 1.71. The van der Waals surface area contributed by atoms with E-state index in [-0.39, 0.29) is 5.91 Å². The Morgan fingerprint density at radius 1 is 1.07 bits per heavy atom. The molecule has 0 spiro atoms. The summed E-state index contributed by atoms with van der Waals surface area (Å²) in [5, 5.41) is 9.44. The van der Waals surface area contributed by atoms with Crippen LogP contribution in [0.3, 0.4) is 0 Å². The molecule has 28 heavy (non-hydrogen) atoms. The Labute approximate surface area is 168 Å². The number of nitrogens with zero attached hydrogens (tertiary/aromatic N) is 3. The Kier molecular flexibility index (Phi) is 5.12. The van der Waals surface area contributed by atoms with Crippen molar-refractivity contribution < 1.29 is 4.79 Å². The Balaban J connectivity index is 1.53. The molecular formula is C22H22N4OS. The lowest BCUT2D eigenvalue weighted by atomic mass is 10.2. The van der Waals surface area contributed by atoms with Crippen LogP contribution in [0.4, 0.5) is 5.82 Å². The summed E-state index contributed by atoms with van der Waals surface area (Å²) < 4.78 is 3.99. The monoisotopic (exact) mass is 390 g/mol. The molecule has 1 N–H and O–H groups in total. The third-order valence-electron chi connectivity index (χ3n) is 4.85. The zero-order valence-corrected chi connectivity index (χ0v) is 16.7. The van der Waals surface area contributed by atoms with Gasteiger partial charge in [-0.05, 0) is 36.9 Å². The van der Waals surface area contributed by atoms with Gasteiger partial charge < -0.3 is 9.88 Å². The molecular weight excluding hydrogens is 368 g/mol. The number of hydrogen-bond acceptors (Lipinski definition) is 3. The lowest BCUT2D eigenvalue weighted by Gasteiger charge is -2.10. The number of amides is 1. The van der Waals surface area contributed by atoms with Crippen molar-refractivity contribution in [2.45, 2.75) is 26.9 Å². The molecule has 3 heterocycles. The number of aryl methyl sites for hydroxylation is 1.